The Balaban J connectivity index is 2.05. The molecule has 10 heteroatoms. The Hall–Kier alpha value is -4.08. The molecule has 3 rings (SSSR count). The molecule has 8 nitrogen and oxygen atoms in total. The van der Waals surface area contributed by atoms with Gasteiger partial charge in [0.1, 0.15) is 11.6 Å². The molecule has 1 aliphatic rings. The van der Waals surface area contributed by atoms with E-state index < -0.39 is 41.4 Å². The third kappa shape index (κ3) is 5.22. The Labute approximate surface area is 188 Å². The first-order chi connectivity index (χ1) is 15.7. The fraction of sp³-hybridized carbons (Fsp3) is 0.217. The molecule has 2 N–H and O–H groups in total. The van der Waals surface area contributed by atoms with Gasteiger partial charge in [0.05, 0.1) is 6.42 Å². The molecule has 0 fully saturated rings. The first kappa shape index (κ1) is 23.6. The van der Waals surface area contributed by atoms with Crippen molar-refractivity contribution in [3.8, 4) is 11.1 Å². The second-order valence-corrected chi connectivity index (χ2v) is 7.17. The lowest BCUT2D eigenvalue weighted by molar-refractivity contribution is -0.137. The lowest BCUT2D eigenvalue weighted by atomic mass is 10.0. The van der Waals surface area contributed by atoms with Crippen molar-refractivity contribution in [1.29, 1.82) is 0 Å². The standard InChI is InChI=1S/C23H21F2N3O5/c1-2-27-11-9-19(29)21(22(27)32)28(23(33)26-10-8-20(30)31)16-5-3-4-14(12-16)17-7-6-15(24)13-18(17)25/h3-7,9,11-13,21H,2,8,10H2,1H3,(H,26,33)(H,30,31)/t21-/m0/s1. The van der Waals surface area contributed by atoms with Crippen molar-refractivity contribution in [2.24, 2.45) is 0 Å². The first-order valence-corrected chi connectivity index (χ1v) is 10.1. The normalized spacial score (nSPS) is 15.5. The van der Waals surface area contributed by atoms with Gasteiger partial charge in [0.15, 0.2) is 11.8 Å². The van der Waals surface area contributed by atoms with Crippen LogP contribution >= 0.6 is 0 Å². The highest BCUT2D eigenvalue weighted by Gasteiger charge is 2.40. The van der Waals surface area contributed by atoms with Crippen molar-refractivity contribution in [2.45, 2.75) is 19.4 Å². The number of ketones is 1. The summed E-state index contributed by atoms with van der Waals surface area (Å²) in [4.78, 5) is 51.6. The van der Waals surface area contributed by atoms with Crippen molar-refractivity contribution < 1.29 is 33.1 Å². The number of amides is 3. The number of hydrogen-bond acceptors (Lipinski definition) is 4. The van der Waals surface area contributed by atoms with Crippen LogP contribution in [0.15, 0.2) is 54.7 Å². The van der Waals surface area contributed by atoms with Crippen molar-refractivity contribution in [2.75, 3.05) is 18.0 Å². The maximum absolute atomic E-state index is 14.3. The topological polar surface area (TPSA) is 107 Å². The summed E-state index contributed by atoms with van der Waals surface area (Å²) in [6.45, 7) is 1.72. The van der Waals surface area contributed by atoms with E-state index in [-0.39, 0.29) is 36.3 Å². The Morgan fingerprint density at radius 1 is 1.15 bits per heavy atom. The summed E-state index contributed by atoms with van der Waals surface area (Å²) in [7, 11) is 0. The molecule has 2 aromatic rings. The third-order valence-electron chi connectivity index (χ3n) is 5.00. The monoisotopic (exact) mass is 457 g/mol. The van der Waals surface area contributed by atoms with E-state index in [9.17, 15) is 28.0 Å². The number of carbonyl (C=O) groups is 4. The summed E-state index contributed by atoms with van der Waals surface area (Å²) in [5, 5.41) is 11.2. The first-order valence-electron chi connectivity index (χ1n) is 10.1. The van der Waals surface area contributed by atoms with Crippen LogP contribution in [-0.2, 0) is 14.4 Å². The Morgan fingerprint density at radius 2 is 1.91 bits per heavy atom. The lowest BCUT2D eigenvalue weighted by Gasteiger charge is -2.34. The molecule has 0 bridgehead atoms. The predicted molar refractivity (Wildman–Crippen MR) is 115 cm³/mol. The Kier molecular flexibility index (Phi) is 7.17. The molecule has 0 radical (unpaired) electrons. The van der Waals surface area contributed by atoms with Gasteiger partial charge in [0.2, 0.25) is 0 Å². The van der Waals surface area contributed by atoms with Gasteiger partial charge in [-0.3, -0.25) is 19.3 Å². The number of aliphatic carboxylic acids is 1. The van der Waals surface area contributed by atoms with Gasteiger partial charge in [-0.1, -0.05) is 12.1 Å². The van der Waals surface area contributed by atoms with Gasteiger partial charge in [-0.05, 0) is 36.8 Å². The summed E-state index contributed by atoms with van der Waals surface area (Å²) in [6, 6.07) is 6.51. The number of nitrogens with one attached hydrogen (secondary N) is 1. The zero-order valence-electron chi connectivity index (χ0n) is 17.6. The number of anilines is 1. The van der Waals surface area contributed by atoms with Gasteiger partial charge in [0, 0.05) is 42.7 Å². The van der Waals surface area contributed by atoms with E-state index in [0.717, 1.165) is 17.0 Å². The molecule has 0 aliphatic carbocycles. The minimum absolute atomic E-state index is 0.0564. The summed E-state index contributed by atoms with van der Waals surface area (Å²) >= 11 is 0. The van der Waals surface area contributed by atoms with Crippen LogP contribution in [0.3, 0.4) is 0 Å². The van der Waals surface area contributed by atoms with E-state index in [0.29, 0.717) is 0 Å². The van der Waals surface area contributed by atoms with Crippen molar-refractivity contribution in [1.82, 2.24) is 10.2 Å². The number of carboxylic acid groups (broad SMARTS) is 1. The van der Waals surface area contributed by atoms with Gasteiger partial charge in [-0.25, -0.2) is 13.6 Å². The highest BCUT2D eigenvalue weighted by atomic mass is 19.1. The molecule has 33 heavy (non-hydrogen) atoms. The number of carbonyl (C=O) groups excluding carboxylic acids is 3. The average molecular weight is 457 g/mol. The second-order valence-electron chi connectivity index (χ2n) is 7.17. The van der Waals surface area contributed by atoms with Gasteiger partial charge in [-0.2, -0.15) is 0 Å². The number of nitrogens with zero attached hydrogens (tertiary/aromatic N) is 2. The maximum Gasteiger partial charge on any atom is 0.323 e. The van der Waals surface area contributed by atoms with E-state index in [1.165, 1.54) is 47.5 Å². The van der Waals surface area contributed by atoms with Crippen LogP contribution in [0.5, 0.6) is 0 Å². The summed E-state index contributed by atoms with van der Waals surface area (Å²) in [5.74, 6) is -4.00. The van der Waals surface area contributed by atoms with E-state index in [1.807, 2.05) is 0 Å². The molecule has 3 amide bonds. The SMILES string of the molecule is CCN1C=CC(=O)[C@H](N(C(=O)NCCC(=O)O)c2cccc(-c3ccc(F)cc3F)c2)C1=O. The molecule has 1 aliphatic heterocycles. The highest BCUT2D eigenvalue weighted by molar-refractivity contribution is 6.19. The minimum Gasteiger partial charge on any atom is -0.481 e. The fourth-order valence-corrected chi connectivity index (χ4v) is 3.40. The molecule has 1 atom stereocenters. The summed E-state index contributed by atoms with van der Waals surface area (Å²) in [6.07, 6.45) is 2.14. The van der Waals surface area contributed by atoms with E-state index in [2.05, 4.69) is 5.32 Å². The molecule has 172 valence electrons. The highest BCUT2D eigenvalue weighted by Crippen LogP contribution is 2.29. The van der Waals surface area contributed by atoms with Gasteiger partial charge in [-0.15, -0.1) is 0 Å². The molecule has 0 unspecified atom stereocenters. The van der Waals surface area contributed by atoms with Crippen LogP contribution in [0.2, 0.25) is 0 Å². The number of hydrogen-bond donors (Lipinski definition) is 2. The molecular formula is C23H21F2N3O5. The smallest absolute Gasteiger partial charge is 0.323 e. The molecule has 0 aromatic heterocycles. The zero-order valence-corrected chi connectivity index (χ0v) is 17.6. The number of halogens is 2. The molecule has 0 saturated heterocycles. The molecule has 0 saturated carbocycles. The van der Waals surface area contributed by atoms with Crippen LogP contribution in [0.1, 0.15) is 13.3 Å². The summed E-state index contributed by atoms with van der Waals surface area (Å²) in [5.41, 5.74) is 0.440. The molecule has 1 heterocycles. The molecule has 0 spiro atoms. The Morgan fingerprint density at radius 3 is 2.58 bits per heavy atom. The Bertz CT molecular complexity index is 1130. The zero-order chi connectivity index (χ0) is 24.1. The van der Waals surface area contributed by atoms with Crippen LogP contribution in [0.25, 0.3) is 11.1 Å². The van der Waals surface area contributed by atoms with Crippen molar-refractivity contribution >= 4 is 29.4 Å². The lowest BCUT2D eigenvalue weighted by Crippen LogP contribution is -2.58. The van der Waals surface area contributed by atoms with Gasteiger partial charge in [0.25, 0.3) is 5.91 Å². The minimum atomic E-state index is -1.53. The number of carboxylic acids is 1. The van der Waals surface area contributed by atoms with Crippen LogP contribution < -0.4 is 10.2 Å². The molecular weight excluding hydrogens is 436 g/mol. The number of likely N-dealkylation sites (N-methyl/N-ethyl adjacent to an activating group) is 1. The maximum atomic E-state index is 14.3. The van der Waals surface area contributed by atoms with Gasteiger partial charge >= 0.3 is 12.0 Å². The van der Waals surface area contributed by atoms with Crippen LogP contribution in [-0.4, -0.2) is 52.8 Å². The number of benzene rings is 2. The average Bonchev–Trinajstić information content (AvgIpc) is 2.76. The second kappa shape index (κ2) is 10.0. The van der Waals surface area contributed by atoms with Crippen LogP contribution in [0, 0.1) is 11.6 Å². The molecule has 2 aromatic carbocycles. The largest absolute Gasteiger partial charge is 0.481 e. The third-order valence-corrected chi connectivity index (χ3v) is 5.00. The van der Waals surface area contributed by atoms with Gasteiger partial charge < -0.3 is 15.3 Å². The van der Waals surface area contributed by atoms with E-state index in [1.54, 1.807) is 6.92 Å². The summed E-state index contributed by atoms with van der Waals surface area (Å²) < 4.78 is 27.7. The van der Waals surface area contributed by atoms with E-state index in [4.69, 9.17) is 5.11 Å². The fourth-order valence-electron chi connectivity index (χ4n) is 3.40. The quantitative estimate of drug-likeness (QED) is 0.622. The van der Waals surface area contributed by atoms with Crippen molar-refractivity contribution in [3.63, 3.8) is 0 Å². The van der Waals surface area contributed by atoms with E-state index >= 15 is 0 Å². The van der Waals surface area contributed by atoms with Crippen LogP contribution in [0.4, 0.5) is 19.3 Å². The predicted octanol–water partition coefficient (Wildman–Crippen LogP) is 2.94. The van der Waals surface area contributed by atoms with Crippen molar-refractivity contribution in [3.05, 3.63) is 66.4 Å². The number of rotatable bonds is 7. The number of urea groups is 1.